The molecule has 0 aliphatic rings. The maximum Gasteiger partial charge on any atom is 0.322 e. The molecule has 0 amide bonds. The van der Waals surface area contributed by atoms with Crippen LogP contribution in [-0.4, -0.2) is 39.9 Å². The second kappa shape index (κ2) is 22.9. The van der Waals surface area contributed by atoms with Gasteiger partial charge in [0, 0.05) is 6.42 Å². The monoisotopic (exact) mass is 389 g/mol. The molecule has 1 atom stereocenters. The molecule has 27 heavy (non-hydrogen) atoms. The smallest absolute Gasteiger partial charge is 0.322 e. The number of rotatable bonds is 18. The van der Waals surface area contributed by atoms with Crippen LogP contribution in [0.15, 0.2) is 0 Å². The summed E-state index contributed by atoms with van der Waals surface area (Å²) in [6.07, 6.45) is 20.2. The lowest BCUT2D eigenvalue weighted by atomic mass is 10.0. The molecular formula is C21H43NO5. The van der Waals surface area contributed by atoms with E-state index < -0.39 is 24.6 Å². The van der Waals surface area contributed by atoms with E-state index in [-0.39, 0.29) is 0 Å². The van der Waals surface area contributed by atoms with E-state index in [1.807, 2.05) is 0 Å². The highest BCUT2D eigenvalue weighted by Crippen LogP contribution is 2.13. The summed E-state index contributed by atoms with van der Waals surface area (Å²) in [7, 11) is 0. The Morgan fingerprint density at radius 1 is 0.704 bits per heavy atom. The van der Waals surface area contributed by atoms with E-state index in [1.54, 1.807) is 0 Å². The summed E-state index contributed by atoms with van der Waals surface area (Å²) in [6, 6.07) is -1.13. The number of carboxylic acid groups (broad SMARTS) is 2. The van der Waals surface area contributed by atoms with Crippen LogP contribution in [0.25, 0.3) is 0 Å². The fraction of sp³-hybridized carbons (Fsp3) is 0.905. The van der Waals surface area contributed by atoms with Gasteiger partial charge in [-0.1, -0.05) is 96.8 Å². The summed E-state index contributed by atoms with van der Waals surface area (Å²) in [5, 5.41) is 24.4. The Hall–Kier alpha value is -1.14. The van der Waals surface area contributed by atoms with E-state index in [0.717, 1.165) is 12.8 Å². The van der Waals surface area contributed by atoms with E-state index in [2.05, 4.69) is 6.92 Å². The summed E-state index contributed by atoms with van der Waals surface area (Å²) < 4.78 is 0. The van der Waals surface area contributed by atoms with Crippen molar-refractivity contribution < 1.29 is 24.9 Å². The Morgan fingerprint density at radius 2 is 1.04 bits per heavy atom. The van der Waals surface area contributed by atoms with Crippen LogP contribution in [0.2, 0.25) is 0 Å². The van der Waals surface area contributed by atoms with Crippen molar-refractivity contribution in [2.45, 2.75) is 116 Å². The first kappa shape index (κ1) is 28.1. The highest BCUT2D eigenvalue weighted by atomic mass is 16.4. The number of hydrogen-bond donors (Lipinski definition) is 4. The van der Waals surface area contributed by atoms with Gasteiger partial charge in [-0.25, -0.2) is 0 Å². The molecule has 0 aromatic carbocycles. The maximum absolute atomic E-state index is 10.3. The molecule has 0 aromatic heterocycles. The van der Waals surface area contributed by atoms with Gasteiger partial charge in [-0.05, 0) is 6.42 Å². The molecule has 162 valence electrons. The van der Waals surface area contributed by atoms with Gasteiger partial charge in [0.25, 0.3) is 0 Å². The predicted molar refractivity (Wildman–Crippen MR) is 110 cm³/mol. The average molecular weight is 390 g/mol. The second-order valence-electron chi connectivity index (χ2n) is 7.22. The second-order valence-corrected chi connectivity index (χ2v) is 7.22. The van der Waals surface area contributed by atoms with Gasteiger partial charge in [0.05, 0.1) is 6.61 Å². The Labute approximate surface area is 165 Å². The van der Waals surface area contributed by atoms with Crippen molar-refractivity contribution >= 4 is 11.9 Å². The molecule has 0 aliphatic carbocycles. The first-order valence-corrected chi connectivity index (χ1v) is 10.8. The minimum atomic E-state index is -1.18. The largest absolute Gasteiger partial charge is 0.481 e. The van der Waals surface area contributed by atoms with Gasteiger partial charge in [-0.3, -0.25) is 9.59 Å². The fourth-order valence-corrected chi connectivity index (χ4v) is 2.73. The molecule has 6 nitrogen and oxygen atoms in total. The van der Waals surface area contributed by atoms with Gasteiger partial charge >= 0.3 is 11.9 Å². The lowest BCUT2D eigenvalue weighted by Gasteiger charge is -2.03. The van der Waals surface area contributed by atoms with E-state index >= 15 is 0 Å². The molecule has 0 radical (unpaired) electrons. The third kappa shape index (κ3) is 27.2. The molecular weight excluding hydrogens is 346 g/mol. The zero-order valence-corrected chi connectivity index (χ0v) is 17.3. The third-order valence-electron chi connectivity index (χ3n) is 4.51. The molecule has 0 unspecified atom stereocenters. The van der Waals surface area contributed by atoms with Gasteiger partial charge in [-0.15, -0.1) is 0 Å². The summed E-state index contributed by atoms with van der Waals surface area (Å²) in [6.45, 7) is 1.77. The molecule has 0 bridgehead atoms. The first-order chi connectivity index (χ1) is 13.0. The molecule has 0 aromatic rings. The summed E-state index contributed by atoms with van der Waals surface area (Å²) in [5.74, 6) is -1.83. The molecule has 6 heteroatoms. The minimum Gasteiger partial charge on any atom is -0.481 e. The van der Waals surface area contributed by atoms with Crippen molar-refractivity contribution in [3.8, 4) is 0 Å². The molecule has 0 saturated heterocycles. The van der Waals surface area contributed by atoms with Crippen LogP contribution >= 0.6 is 0 Å². The lowest BCUT2D eigenvalue weighted by molar-refractivity contribution is -0.139. The number of nitrogens with two attached hydrogens (primary N) is 1. The van der Waals surface area contributed by atoms with E-state index in [4.69, 9.17) is 21.1 Å². The summed E-state index contributed by atoms with van der Waals surface area (Å²) in [4.78, 5) is 20.0. The number of carbonyl (C=O) groups is 2. The number of hydrogen-bond acceptors (Lipinski definition) is 4. The van der Waals surface area contributed by atoms with Crippen LogP contribution in [0.3, 0.4) is 0 Å². The number of unbranched alkanes of at least 4 members (excludes halogenated alkanes) is 14. The first-order valence-electron chi connectivity index (χ1n) is 10.8. The molecule has 0 fully saturated rings. The van der Waals surface area contributed by atoms with Crippen LogP contribution in [0.1, 0.15) is 110 Å². The van der Waals surface area contributed by atoms with Gasteiger partial charge in [0.2, 0.25) is 0 Å². The Kier molecular flexibility index (Phi) is 23.8. The molecule has 0 aliphatic heterocycles. The highest BCUT2D eigenvalue weighted by molar-refractivity contribution is 5.73. The average Bonchev–Trinajstić information content (AvgIpc) is 2.64. The number of aliphatic hydroxyl groups is 1. The van der Waals surface area contributed by atoms with Crippen LogP contribution in [-0.2, 0) is 9.59 Å². The summed E-state index contributed by atoms with van der Waals surface area (Å²) in [5.41, 5.74) is 4.77. The van der Waals surface area contributed by atoms with Crippen molar-refractivity contribution in [1.29, 1.82) is 0 Å². The normalized spacial score (nSPS) is 11.5. The van der Waals surface area contributed by atoms with Crippen LogP contribution in [0, 0.1) is 0 Å². The lowest BCUT2D eigenvalue weighted by Crippen LogP contribution is -2.33. The number of aliphatic hydroxyl groups excluding tert-OH is 1. The van der Waals surface area contributed by atoms with E-state index in [1.165, 1.54) is 83.5 Å². The Balaban J connectivity index is 0. The predicted octanol–water partition coefficient (Wildman–Crippen LogP) is 4.72. The van der Waals surface area contributed by atoms with Crippen molar-refractivity contribution in [1.82, 2.24) is 0 Å². The fourth-order valence-electron chi connectivity index (χ4n) is 2.73. The van der Waals surface area contributed by atoms with Gasteiger partial charge in [0.1, 0.15) is 6.04 Å². The quantitative estimate of drug-likeness (QED) is 0.252. The highest BCUT2D eigenvalue weighted by Gasteiger charge is 2.07. The maximum atomic E-state index is 10.3. The molecule has 0 saturated carbocycles. The standard InChI is InChI=1S/C18H36O2.C3H7NO3/c1-2-3-4-5-6-7-8-9-10-11-12-13-14-15-16-17-18(19)20;4-2(1-5)3(6)7/h2-17H2,1H3,(H,19,20);2,5H,1,4H2,(H,6,7)/t;2-/m.0/s1. The van der Waals surface area contributed by atoms with Gasteiger partial charge in [-0.2, -0.15) is 0 Å². The topological polar surface area (TPSA) is 121 Å². The van der Waals surface area contributed by atoms with Crippen LogP contribution < -0.4 is 5.73 Å². The molecule has 0 spiro atoms. The van der Waals surface area contributed by atoms with Gasteiger partial charge < -0.3 is 21.1 Å². The third-order valence-corrected chi connectivity index (χ3v) is 4.51. The minimum absolute atomic E-state index is 0.345. The zero-order chi connectivity index (χ0) is 20.8. The van der Waals surface area contributed by atoms with E-state index in [0.29, 0.717) is 6.42 Å². The van der Waals surface area contributed by atoms with Crippen molar-refractivity contribution in [2.75, 3.05) is 6.61 Å². The van der Waals surface area contributed by atoms with Crippen molar-refractivity contribution in [2.24, 2.45) is 5.73 Å². The van der Waals surface area contributed by atoms with E-state index in [9.17, 15) is 9.59 Å². The number of carboxylic acids is 2. The summed E-state index contributed by atoms with van der Waals surface area (Å²) >= 11 is 0. The Morgan fingerprint density at radius 3 is 1.26 bits per heavy atom. The number of aliphatic carboxylic acids is 2. The van der Waals surface area contributed by atoms with Crippen LogP contribution in [0.4, 0.5) is 0 Å². The SMILES string of the molecule is CCCCCCCCCCCCCCCCCC(=O)O.N[C@@H](CO)C(=O)O. The van der Waals surface area contributed by atoms with Crippen molar-refractivity contribution in [3.05, 3.63) is 0 Å². The zero-order valence-electron chi connectivity index (χ0n) is 17.3. The van der Waals surface area contributed by atoms with Crippen molar-refractivity contribution in [3.63, 3.8) is 0 Å². The molecule has 0 rings (SSSR count). The Bertz CT molecular complexity index is 337. The van der Waals surface area contributed by atoms with Crippen LogP contribution in [0.5, 0.6) is 0 Å². The molecule has 0 heterocycles. The molecule has 5 N–H and O–H groups in total. The van der Waals surface area contributed by atoms with Gasteiger partial charge in [0.15, 0.2) is 0 Å².